The van der Waals surface area contributed by atoms with E-state index in [2.05, 4.69) is 44.2 Å². The van der Waals surface area contributed by atoms with Crippen LogP contribution in [-0.4, -0.2) is 74.9 Å². The first kappa shape index (κ1) is 54.0. The van der Waals surface area contributed by atoms with Crippen molar-refractivity contribution in [2.45, 2.75) is 187 Å². The molecule has 0 heterocycles. The number of hydrogen-bond acceptors (Lipinski definition) is 7. The molecule has 0 saturated carbocycles. The van der Waals surface area contributed by atoms with Crippen molar-refractivity contribution in [1.82, 2.24) is 0 Å². The molecular weight excluding hydrogens is 725 g/mol. The molecule has 2 atom stereocenters. The van der Waals surface area contributed by atoms with Crippen molar-refractivity contribution in [3.63, 3.8) is 0 Å². The molecule has 2 unspecified atom stereocenters. The van der Waals surface area contributed by atoms with Gasteiger partial charge in [-0.3, -0.25) is 18.6 Å². The van der Waals surface area contributed by atoms with Gasteiger partial charge in [0.25, 0.3) is 0 Å². The third-order valence-corrected chi connectivity index (χ3v) is 10.4. The molecule has 0 aromatic rings. The Labute approximate surface area is 343 Å². The molecule has 0 radical (unpaired) electrons. The number of rotatable bonds is 40. The molecule has 9 nitrogen and oxygen atoms in total. The normalized spacial score (nSPS) is 14.0. The summed E-state index contributed by atoms with van der Waals surface area (Å²) in [7, 11) is 1.45. The number of quaternary nitrogens is 1. The van der Waals surface area contributed by atoms with Crippen LogP contribution < -0.4 is 0 Å². The summed E-state index contributed by atoms with van der Waals surface area (Å²) in [6, 6.07) is 0. The predicted octanol–water partition coefficient (Wildman–Crippen LogP) is 12.7. The minimum absolute atomic E-state index is 0.0253. The maximum Gasteiger partial charge on any atom is 0.472 e. The summed E-state index contributed by atoms with van der Waals surface area (Å²) < 4.78 is 34.3. The van der Waals surface area contributed by atoms with E-state index in [9.17, 15) is 19.0 Å². The zero-order valence-electron chi connectivity index (χ0n) is 36.6. The van der Waals surface area contributed by atoms with Gasteiger partial charge in [0.05, 0.1) is 27.7 Å². The van der Waals surface area contributed by atoms with E-state index in [1.807, 2.05) is 39.4 Å². The molecule has 0 fully saturated rings. The molecule has 0 spiro atoms. The van der Waals surface area contributed by atoms with Crippen LogP contribution in [0.15, 0.2) is 48.6 Å². The Kier molecular flexibility index (Phi) is 37.1. The maximum absolute atomic E-state index is 12.7. The van der Waals surface area contributed by atoms with Gasteiger partial charge in [-0.05, 0) is 57.8 Å². The maximum atomic E-state index is 12.7. The van der Waals surface area contributed by atoms with Gasteiger partial charge in [-0.1, -0.05) is 159 Å². The van der Waals surface area contributed by atoms with Gasteiger partial charge in [-0.15, -0.1) is 0 Å². The van der Waals surface area contributed by atoms with Crippen LogP contribution in [0.4, 0.5) is 0 Å². The van der Waals surface area contributed by atoms with E-state index in [4.69, 9.17) is 18.5 Å². The van der Waals surface area contributed by atoms with E-state index in [0.717, 1.165) is 64.2 Å². The second kappa shape index (κ2) is 38.5. The van der Waals surface area contributed by atoms with E-state index >= 15 is 0 Å². The largest absolute Gasteiger partial charge is 0.472 e. The molecule has 0 aromatic heterocycles. The Morgan fingerprint density at radius 3 is 1.55 bits per heavy atom. The van der Waals surface area contributed by atoms with Crippen LogP contribution in [0, 0.1) is 0 Å². The number of carbonyl (C=O) groups is 2. The highest BCUT2D eigenvalue weighted by molar-refractivity contribution is 7.47. The lowest BCUT2D eigenvalue weighted by Crippen LogP contribution is -2.37. The van der Waals surface area contributed by atoms with Gasteiger partial charge in [-0.25, -0.2) is 4.57 Å². The Bertz CT molecular complexity index is 1100. The zero-order valence-corrected chi connectivity index (χ0v) is 37.5. The molecule has 326 valence electrons. The number of likely N-dealkylation sites (N-methyl/N-ethyl adjacent to an activating group) is 1. The predicted molar refractivity (Wildman–Crippen MR) is 233 cm³/mol. The lowest BCUT2D eigenvalue weighted by Gasteiger charge is -2.24. The smallest absolute Gasteiger partial charge is 0.462 e. The number of unbranched alkanes of at least 4 members (excludes halogenated alkanes) is 20. The lowest BCUT2D eigenvalue weighted by atomic mass is 10.1. The molecule has 0 aliphatic carbocycles. The van der Waals surface area contributed by atoms with E-state index < -0.39 is 26.5 Å². The molecule has 56 heavy (non-hydrogen) atoms. The molecule has 0 saturated heterocycles. The number of allylic oxidation sites excluding steroid dienone is 8. The van der Waals surface area contributed by atoms with Crippen LogP contribution in [0.3, 0.4) is 0 Å². The summed E-state index contributed by atoms with van der Waals surface area (Å²) in [6.07, 6.45) is 44.5. The summed E-state index contributed by atoms with van der Waals surface area (Å²) in [5, 5.41) is 0. The molecule has 10 heteroatoms. The van der Waals surface area contributed by atoms with Gasteiger partial charge < -0.3 is 18.9 Å². The fourth-order valence-electron chi connectivity index (χ4n) is 5.89. The highest BCUT2D eigenvalue weighted by Crippen LogP contribution is 2.43. The van der Waals surface area contributed by atoms with Crippen molar-refractivity contribution in [2.24, 2.45) is 0 Å². The van der Waals surface area contributed by atoms with Crippen molar-refractivity contribution in [3.05, 3.63) is 48.6 Å². The second-order valence-corrected chi connectivity index (χ2v) is 17.6. The van der Waals surface area contributed by atoms with Gasteiger partial charge in [-0.2, -0.15) is 0 Å². The molecule has 0 aromatic carbocycles. The summed E-state index contributed by atoms with van der Waals surface area (Å²) in [5.74, 6) is -0.828. The molecular formula is C46H85NO8P+. The number of hydrogen-bond donors (Lipinski definition) is 1. The number of carbonyl (C=O) groups excluding carboxylic acids is 2. The van der Waals surface area contributed by atoms with Crippen LogP contribution in [0.2, 0.25) is 0 Å². The molecule has 0 amide bonds. The van der Waals surface area contributed by atoms with Crippen molar-refractivity contribution in [2.75, 3.05) is 47.5 Å². The molecule has 0 rings (SSSR count). The monoisotopic (exact) mass is 811 g/mol. The van der Waals surface area contributed by atoms with Gasteiger partial charge in [0.15, 0.2) is 6.10 Å². The van der Waals surface area contributed by atoms with Crippen molar-refractivity contribution >= 4 is 19.8 Å². The first-order valence-corrected chi connectivity index (χ1v) is 23.9. The van der Waals surface area contributed by atoms with E-state index in [1.165, 1.54) is 83.5 Å². The van der Waals surface area contributed by atoms with Gasteiger partial charge >= 0.3 is 19.8 Å². The number of phosphoric acid groups is 1. The number of ether oxygens (including phenoxy) is 2. The van der Waals surface area contributed by atoms with E-state index in [1.54, 1.807) is 0 Å². The average Bonchev–Trinajstić information content (AvgIpc) is 3.15. The third-order valence-electron chi connectivity index (χ3n) is 9.40. The zero-order chi connectivity index (χ0) is 41.4. The number of phosphoric ester groups is 1. The molecule has 0 aliphatic rings. The fourth-order valence-corrected chi connectivity index (χ4v) is 6.63. The second-order valence-electron chi connectivity index (χ2n) is 16.1. The van der Waals surface area contributed by atoms with Crippen molar-refractivity contribution < 1.29 is 42.1 Å². The molecule has 1 N–H and O–H groups in total. The van der Waals surface area contributed by atoms with Crippen LogP contribution in [0.5, 0.6) is 0 Å². The van der Waals surface area contributed by atoms with Crippen molar-refractivity contribution in [1.29, 1.82) is 0 Å². The molecule has 0 bridgehead atoms. The first-order chi connectivity index (χ1) is 27.0. The highest BCUT2D eigenvalue weighted by atomic mass is 31.2. The highest BCUT2D eigenvalue weighted by Gasteiger charge is 2.27. The van der Waals surface area contributed by atoms with Gasteiger partial charge in [0, 0.05) is 12.8 Å². The van der Waals surface area contributed by atoms with Crippen LogP contribution >= 0.6 is 7.82 Å². The summed E-state index contributed by atoms with van der Waals surface area (Å²) >= 11 is 0. The van der Waals surface area contributed by atoms with Crippen LogP contribution in [0.25, 0.3) is 0 Å². The SMILES string of the molecule is CC/C=C/C=C/C=C/CCCCCCCC(=O)OC(COC(=O)CCCCCCCCC/C=C/CCCCCCCCCC)COP(=O)(O)OCC[N+](C)(C)C. The van der Waals surface area contributed by atoms with Gasteiger partial charge in [0.1, 0.15) is 19.8 Å². The minimum Gasteiger partial charge on any atom is -0.462 e. The first-order valence-electron chi connectivity index (χ1n) is 22.4. The van der Waals surface area contributed by atoms with Crippen molar-refractivity contribution in [3.8, 4) is 0 Å². The Hall–Kier alpha value is -2.03. The quantitative estimate of drug-likeness (QED) is 0.0163. The van der Waals surface area contributed by atoms with Crippen LogP contribution in [-0.2, 0) is 32.7 Å². The lowest BCUT2D eigenvalue weighted by molar-refractivity contribution is -0.870. The van der Waals surface area contributed by atoms with Crippen LogP contribution in [0.1, 0.15) is 181 Å². The fraction of sp³-hybridized carbons (Fsp3) is 0.783. The standard InChI is InChI=1S/C46H84NO8P/c1-6-8-10-12-14-16-18-20-21-22-23-24-25-27-28-30-32-34-36-38-45(48)52-42-44(43-54-56(50,51)53-41-40-47(3,4)5)55-46(49)39-37-35-33-31-29-26-19-17-15-13-11-9-7-2/h9,11,13,15,17,19,22-23,44H,6-8,10,12,14,16,18,20-21,24-43H2,1-5H3/p+1/b11-9+,15-13+,19-17+,23-22+. The molecule has 0 aliphatic heterocycles. The van der Waals surface area contributed by atoms with E-state index in [-0.39, 0.29) is 32.0 Å². The Morgan fingerprint density at radius 2 is 1.04 bits per heavy atom. The average molecular weight is 811 g/mol. The third kappa shape index (κ3) is 41.6. The summed E-state index contributed by atoms with van der Waals surface area (Å²) in [4.78, 5) is 35.3. The van der Waals surface area contributed by atoms with Gasteiger partial charge in [0.2, 0.25) is 0 Å². The topological polar surface area (TPSA) is 108 Å². The Balaban J connectivity index is 4.33. The summed E-state index contributed by atoms with van der Waals surface area (Å²) in [6.45, 7) is 4.26. The van der Waals surface area contributed by atoms with E-state index in [0.29, 0.717) is 17.4 Å². The Morgan fingerprint density at radius 1 is 0.571 bits per heavy atom. The number of esters is 2. The number of nitrogens with zero attached hydrogens (tertiary/aromatic N) is 1. The summed E-state index contributed by atoms with van der Waals surface area (Å²) in [5.41, 5.74) is 0. The minimum atomic E-state index is -4.38.